The van der Waals surface area contributed by atoms with Gasteiger partial charge in [-0.1, -0.05) is 25.1 Å². The normalized spacial score (nSPS) is 11.5. The summed E-state index contributed by atoms with van der Waals surface area (Å²) in [6.07, 6.45) is -0.780. The Morgan fingerprint density at radius 3 is 2.76 bits per heavy atom. The highest BCUT2D eigenvalue weighted by atomic mass is 32.1. The number of hydrogen-bond donors (Lipinski definition) is 1. The molecule has 164 valence electrons. The number of fused-ring (bicyclic) bond motifs is 2. The van der Waals surface area contributed by atoms with E-state index in [9.17, 15) is 18.8 Å². The molecule has 9 heteroatoms. The van der Waals surface area contributed by atoms with Crippen molar-refractivity contribution in [1.82, 2.24) is 20.0 Å². The fourth-order valence-electron chi connectivity index (χ4n) is 4.22. The highest BCUT2D eigenvalue weighted by Gasteiger charge is 2.24. The Kier molecular flexibility index (Phi) is 5.02. The number of aromatic amines is 1. The SMILES string of the molecule is CCc1n[nH]c(=O)c2c(C(F)F)cc(-c3cnn(C)c3-c3sc4ccccc4c3C#N)cc12. The molecule has 0 radical (unpaired) electrons. The third-order valence-electron chi connectivity index (χ3n) is 5.74. The van der Waals surface area contributed by atoms with E-state index in [-0.39, 0.29) is 10.9 Å². The van der Waals surface area contributed by atoms with Crippen molar-refractivity contribution < 1.29 is 8.78 Å². The maximum absolute atomic E-state index is 14.1. The molecule has 2 aromatic carbocycles. The van der Waals surface area contributed by atoms with E-state index in [4.69, 9.17) is 0 Å². The number of rotatable bonds is 4. The van der Waals surface area contributed by atoms with Crippen LogP contribution in [-0.2, 0) is 13.5 Å². The van der Waals surface area contributed by atoms with Crippen LogP contribution in [0.4, 0.5) is 8.78 Å². The summed E-state index contributed by atoms with van der Waals surface area (Å²) in [5.41, 5.74) is 1.79. The van der Waals surface area contributed by atoms with E-state index in [0.717, 1.165) is 10.1 Å². The molecule has 3 aromatic heterocycles. The number of benzene rings is 2. The highest BCUT2D eigenvalue weighted by molar-refractivity contribution is 7.22. The fraction of sp³-hybridized carbons (Fsp3) is 0.167. The van der Waals surface area contributed by atoms with Crippen molar-refractivity contribution in [2.45, 2.75) is 19.8 Å². The molecular formula is C24H17F2N5OS. The Morgan fingerprint density at radius 1 is 1.24 bits per heavy atom. The second kappa shape index (κ2) is 7.90. The van der Waals surface area contributed by atoms with Crippen LogP contribution in [0.5, 0.6) is 0 Å². The van der Waals surface area contributed by atoms with Crippen LogP contribution in [0.2, 0.25) is 0 Å². The molecule has 0 bridgehead atoms. The third-order valence-corrected chi connectivity index (χ3v) is 6.92. The average Bonchev–Trinajstić information content (AvgIpc) is 3.38. The topological polar surface area (TPSA) is 87.4 Å². The van der Waals surface area contributed by atoms with Crippen LogP contribution < -0.4 is 5.56 Å². The van der Waals surface area contributed by atoms with E-state index in [0.29, 0.717) is 44.8 Å². The van der Waals surface area contributed by atoms with E-state index in [1.165, 1.54) is 17.4 Å². The number of hydrogen-bond acceptors (Lipinski definition) is 5. The Labute approximate surface area is 190 Å². The number of nitriles is 1. The number of aromatic nitrogens is 4. The molecule has 0 atom stereocenters. The van der Waals surface area contributed by atoms with Crippen molar-refractivity contribution in [3.63, 3.8) is 0 Å². The third kappa shape index (κ3) is 3.22. The summed E-state index contributed by atoms with van der Waals surface area (Å²) < 4.78 is 30.7. The molecule has 3 heterocycles. The average molecular weight is 461 g/mol. The predicted molar refractivity (Wildman–Crippen MR) is 124 cm³/mol. The summed E-state index contributed by atoms with van der Waals surface area (Å²) in [5, 5.41) is 21.8. The molecule has 0 fully saturated rings. The van der Waals surface area contributed by atoms with Gasteiger partial charge in [0.2, 0.25) is 0 Å². The first-order valence-corrected chi connectivity index (χ1v) is 11.0. The van der Waals surface area contributed by atoms with Gasteiger partial charge in [0.15, 0.2) is 0 Å². The zero-order valence-corrected chi connectivity index (χ0v) is 18.5. The van der Waals surface area contributed by atoms with E-state index in [2.05, 4.69) is 21.4 Å². The zero-order chi connectivity index (χ0) is 23.3. The number of aryl methyl sites for hydroxylation is 2. The van der Waals surface area contributed by atoms with Crippen LogP contribution in [0.25, 0.3) is 42.6 Å². The van der Waals surface area contributed by atoms with Gasteiger partial charge < -0.3 is 0 Å². The van der Waals surface area contributed by atoms with Gasteiger partial charge in [0, 0.05) is 33.6 Å². The molecule has 0 spiro atoms. The predicted octanol–water partition coefficient (Wildman–Crippen LogP) is 5.58. The number of thiophene rings is 1. The smallest absolute Gasteiger partial charge is 0.267 e. The van der Waals surface area contributed by atoms with Gasteiger partial charge in [0.05, 0.1) is 33.4 Å². The number of H-pyrrole nitrogens is 1. The maximum atomic E-state index is 14.1. The molecule has 5 aromatic rings. The largest absolute Gasteiger partial charge is 0.272 e. The molecule has 0 unspecified atom stereocenters. The number of nitrogens with one attached hydrogen (secondary N) is 1. The quantitative estimate of drug-likeness (QED) is 0.379. The second-order valence-electron chi connectivity index (χ2n) is 7.59. The number of nitrogens with zero attached hydrogens (tertiary/aromatic N) is 4. The molecule has 0 saturated carbocycles. The summed E-state index contributed by atoms with van der Waals surface area (Å²) in [6, 6.07) is 12.9. The molecule has 1 N–H and O–H groups in total. The summed E-state index contributed by atoms with van der Waals surface area (Å²) in [7, 11) is 1.75. The van der Waals surface area contributed by atoms with E-state index in [1.54, 1.807) is 24.0 Å². The lowest BCUT2D eigenvalue weighted by Gasteiger charge is -2.12. The van der Waals surface area contributed by atoms with Crippen LogP contribution in [0.3, 0.4) is 0 Å². The van der Waals surface area contributed by atoms with E-state index >= 15 is 0 Å². The summed E-state index contributed by atoms with van der Waals surface area (Å²) in [4.78, 5) is 13.1. The summed E-state index contributed by atoms with van der Waals surface area (Å²) >= 11 is 1.45. The van der Waals surface area contributed by atoms with Gasteiger partial charge in [0.1, 0.15) is 6.07 Å². The Bertz CT molecular complexity index is 1640. The van der Waals surface area contributed by atoms with Gasteiger partial charge in [-0.25, -0.2) is 13.9 Å². The molecule has 6 nitrogen and oxygen atoms in total. The molecule has 0 aliphatic heterocycles. The minimum Gasteiger partial charge on any atom is -0.267 e. The van der Waals surface area contributed by atoms with Crippen molar-refractivity contribution in [3.8, 4) is 27.8 Å². The van der Waals surface area contributed by atoms with Crippen molar-refractivity contribution in [2.75, 3.05) is 0 Å². The minimum absolute atomic E-state index is 0.0504. The van der Waals surface area contributed by atoms with Gasteiger partial charge in [-0.05, 0) is 30.2 Å². The van der Waals surface area contributed by atoms with Crippen LogP contribution >= 0.6 is 11.3 Å². The van der Waals surface area contributed by atoms with Crippen molar-refractivity contribution in [3.05, 3.63) is 69.8 Å². The first kappa shape index (κ1) is 21.0. The number of halogens is 2. The van der Waals surface area contributed by atoms with E-state index < -0.39 is 12.0 Å². The van der Waals surface area contributed by atoms with Crippen LogP contribution in [0, 0.1) is 11.3 Å². The Morgan fingerprint density at radius 2 is 2.03 bits per heavy atom. The monoisotopic (exact) mass is 461 g/mol. The number of alkyl halides is 2. The standard InChI is InChI=1S/C24H17F2N5OS/c1-3-18-14-8-12(9-15(23(25)26)20(14)24(32)30-29-18)17-11-28-31(2)21(17)22-16(10-27)13-6-4-5-7-19(13)33-22/h4-9,11,23H,3H2,1-2H3,(H,30,32). The molecule has 33 heavy (non-hydrogen) atoms. The Hall–Kier alpha value is -3.90. The first-order valence-electron chi connectivity index (χ1n) is 10.2. The molecular weight excluding hydrogens is 444 g/mol. The molecule has 5 rings (SSSR count). The lowest BCUT2D eigenvalue weighted by atomic mass is 9.95. The van der Waals surface area contributed by atoms with Gasteiger partial charge in [-0.3, -0.25) is 9.48 Å². The Balaban J connectivity index is 1.85. The fourth-order valence-corrected chi connectivity index (χ4v) is 5.46. The van der Waals surface area contributed by atoms with Crippen LogP contribution in [0.15, 0.2) is 47.4 Å². The molecule has 0 aliphatic rings. The first-order chi connectivity index (χ1) is 15.9. The van der Waals surface area contributed by atoms with Crippen LogP contribution in [-0.4, -0.2) is 20.0 Å². The van der Waals surface area contributed by atoms with Crippen molar-refractivity contribution in [1.29, 1.82) is 5.26 Å². The van der Waals surface area contributed by atoms with Crippen LogP contribution in [0.1, 0.15) is 30.2 Å². The van der Waals surface area contributed by atoms with Gasteiger partial charge in [-0.2, -0.15) is 15.5 Å². The summed E-state index contributed by atoms with van der Waals surface area (Å²) in [5.74, 6) is 0. The molecule has 0 aliphatic carbocycles. The summed E-state index contributed by atoms with van der Waals surface area (Å²) in [6.45, 7) is 1.85. The minimum atomic E-state index is -2.85. The maximum Gasteiger partial charge on any atom is 0.272 e. The molecule has 0 saturated heterocycles. The van der Waals surface area contributed by atoms with Crippen molar-refractivity contribution >= 4 is 32.2 Å². The molecule has 0 amide bonds. The van der Waals surface area contributed by atoms with Gasteiger partial charge in [0.25, 0.3) is 12.0 Å². The second-order valence-corrected chi connectivity index (χ2v) is 8.64. The van der Waals surface area contributed by atoms with Crippen molar-refractivity contribution in [2.24, 2.45) is 7.05 Å². The van der Waals surface area contributed by atoms with E-state index in [1.807, 2.05) is 31.2 Å². The zero-order valence-electron chi connectivity index (χ0n) is 17.7. The van der Waals surface area contributed by atoms with Gasteiger partial charge >= 0.3 is 0 Å². The lowest BCUT2D eigenvalue weighted by molar-refractivity contribution is 0.153. The lowest BCUT2D eigenvalue weighted by Crippen LogP contribution is -2.13. The highest BCUT2D eigenvalue weighted by Crippen LogP contribution is 2.43. The van der Waals surface area contributed by atoms with Gasteiger partial charge in [-0.15, -0.1) is 11.3 Å².